The number of carbonyl (C=O) groups is 2. The maximum absolute atomic E-state index is 14.0. The Balaban J connectivity index is 1.49. The number of aryl methyl sites for hydroxylation is 1. The molecule has 1 unspecified atom stereocenters. The smallest absolute Gasteiger partial charge is 0.412 e. The molecular weight excluding hydrogens is 463 g/mol. The van der Waals surface area contributed by atoms with Gasteiger partial charge in [0.1, 0.15) is 23.3 Å². The van der Waals surface area contributed by atoms with Gasteiger partial charge in [-0.2, -0.15) is 0 Å². The molecule has 0 aliphatic heterocycles. The largest absolute Gasteiger partial charge is 0.481 e. The van der Waals surface area contributed by atoms with Gasteiger partial charge in [-0.25, -0.2) is 9.18 Å². The lowest BCUT2D eigenvalue weighted by Gasteiger charge is -2.15. The van der Waals surface area contributed by atoms with E-state index in [1.807, 2.05) is 36.4 Å². The number of ether oxygens (including phenoxy) is 1. The van der Waals surface area contributed by atoms with Gasteiger partial charge in [0.05, 0.1) is 5.92 Å². The van der Waals surface area contributed by atoms with E-state index >= 15 is 0 Å². The normalized spacial score (nSPS) is 12.6. The molecule has 0 saturated carbocycles. The molecule has 1 amide bonds. The van der Waals surface area contributed by atoms with E-state index in [1.165, 1.54) is 6.07 Å². The molecule has 0 aliphatic carbocycles. The van der Waals surface area contributed by atoms with Crippen LogP contribution in [-0.4, -0.2) is 22.3 Å². The van der Waals surface area contributed by atoms with Crippen LogP contribution in [0, 0.1) is 12.7 Å². The zero-order valence-electron chi connectivity index (χ0n) is 20.0. The van der Waals surface area contributed by atoms with Gasteiger partial charge in [-0.3, -0.25) is 10.1 Å². The molecule has 2 N–H and O–H groups in total. The van der Waals surface area contributed by atoms with Crippen LogP contribution in [0.3, 0.4) is 0 Å². The summed E-state index contributed by atoms with van der Waals surface area (Å²) >= 11 is 0. The molecular formula is C28H25FN2O5. The molecule has 1 heterocycles. The third kappa shape index (κ3) is 5.27. The van der Waals surface area contributed by atoms with E-state index in [0.29, 0.717) is 22.7 Å². The molecule has 0 spiro atoms. The maximum atomic E-state index is 14.0. The standard InChI is InChI=1S/C28H25FN2O5/c1-16(27(32)33)19-8-10-20(11-9-19)21-12-14-22(15-13-21)26-25(17(2)31-36-26)30-28(34)35-18(3)23-6-4-5-7-24(23)29/h4-16,18H,1-3H3,(H,30,34)(H,32,33)/t16?,18-/m1/s1. The second-order valence-corrected chi connectivity index (χ2v) is 8.43. The molecule has 8 heteroatoms. The molecule has 0 radical (unpaired) electrons. The number of aliphatic carboxylic acids is 1. The molecule has 36 heavy (non-hydrogen) atoms. The van der Waals surface area contributed by atoms with Crippen molar-refractivity contribution in [2.45, 2.75) is 32.8 Å². The summed E-state index contributed by atoms with van der Waals surface area (Å²) in [5.41, 5.74) is 4.38. The molecule has 0 fully saturated rings. The monoisotopic (exact) mass is 488 g/mol. The molecule has 2 atom stereocenters. The first-order valence-corrected chi connectivity index (χ1v) is 11.4. The highest BCUT2D eigenvalue weighted by atomic mass is 19.1. The highest BCUT2D eigenvalue weighted by Crippen LogP contribution is 2.33. The van der Waals surface area contributed by atoms with Gasteiger partial charge >= 0.3 is 12.1 Å². The van der Waals surface area contributed by atoms with E-state index in [-0.39, 0.29) is 5.56 Å². The van der Waals surface area contributed by atoms with Gasteiger partial charge in [0, 0.05) is 11.1 Å². The molecule has 3 aromatic carbocycles. The van der Waals surface area contributed by atoms with Crippen molar-refractivity contribution in [1.82, 2.24) is 5.16 Å². The van der Waals surface area contributed by atoms with Gasteiger partial charge in [0.2, 0.25) is 0 Å². The average molecular weight is 489 g/mol. The van der Waals surface area contributed by atoms with E-state index in [9.17, 15) is 19.1 Å². The van der Waals surface area contributed by atoms with Crippen molar-refractivity contribution >= 4 is 17.7 Å². The van der Waals surface area contributed by atoms with Crippen molar-refractivity contribution in [3.63, 3.8) is 0 Å². The minimum Gasteiger partial charge on any atom is -0.481 e. The van der Waals surface area contributed by atoms with Crippen molar-refractivity contribution in [3.05, 3.63) is 95.4 Å². The topological polar surface area (TPSA) is 102 Å². The first kappa shape index (κ1) is 24.7. The molecule has 1 aromatic heterocycles. The molecule has 0 saturated heterocycles. The van der Waals surface area contributed by atoms with E-state index in [2.05, 4.69) is 10.5 Å². The number of hydrogen-bond donors (Lipinski definition) is 2. The van der Waals surface area contributed by atoms with Crippen LogP contribution in [0.15, 0.2) is 77.3 Å². The predicted molar refractivity (Wildman–Crippen MR) is 133 cm³/mol. The number of anilines is 1. The summed E-state index contributed by atoms with van der Waals surface area (Å²) in [5, 5.41) is 15.8. The summed E-state index contributed by atoms with van der Waals surface area (Å²) in [4.78, 5) is 23.7. The quantitative estimate of drug-likeness (QED) is 0.292. The number of carboxylic acid groups (broad SMARTS) is 1. The highest BCUT2D eigenvalue weighted by molar-refractivity contribution is 5.91. The zero-order valence-corrected chi connectivity index (χ0v) is 20.0. The summed E-state index contributed by atoms with van der Waals surface area (Å²) in [7, 11) is 0. The molecule has 4 rings (SSSR count). The van der Waals surface area contributed by atoms with Gasteiger partial charge in [-0.05, 0) is 43.5 Å². The van der Waals surface area contributed by atoms with Crippen LogP contribution in [0.25, 0.3) is 22.5 Å². The fourth-order valence-corrected chi connectivity index (χ4v) is 3.80. The summed E-state index contributed by atoms with van der Waals surface area (Å²) in [6.45, 7) is 4.93. The van der Waals surface area contributed by atoms with Gasteiger partial charge in [-0.1, -0.05) is 71.9 Å². The zero-order chi connectivity index (χ0) is 25.8. The lowest BCUT2D eigenvalue weighted by molar-refractivity contribution is -0.138. The van der Waals surface area contributed by atoms with Crippen molar-refractivity contribution in [2.75, 3.05) is 5.32 Å². The number of nitrogens with zero attached hydrogens (tertiary/aromatic N) is 1. The Labute approximate surface area is 207 Å². The number of carboxylic acids is 1. The number of halogens is 1. The molecule has 4 aromatic rings. The third-order valence-electron chi connectivity index (χ3n) is 5.98. The third-order valence-corrected chi connectivity index (χ3v) is 5.98. The number of aromatic nitrogens is 1. The predicted octanol–water partition coefficient (Wildman–Crippen LogP) is 6.95. The van der Waals surface area contributed by atoms with E-state index in [4.69, 9.17) is 9.26 Å². The Hall–Kier alpha value is -4.46. The second kappa shape index (κ2) is 10.4. The van der Waals surface area contributed by atoms with Crippen molar-refractivity contribution in [3.8, 4) is 22.5 Å². The maximum Gasteiger partial charge on any atom is 0.412 e. The summed E-state index contributed by atoms with van der Waals surface area (Å²) < 4.78 is 24.8. The first-order valence-electron chi connectivity index (χ1n) is 11.4. The lowest BCUT2D eigenvalue weighted by atomic mass is 9.97. The summed E-state index contributed by atoms with van der Waals surface area (Å²) in [5.74, 6) is -1.54. The summed E-state index contributed by atoms with van der Waals surface area (Å²) in [6.07, 6.45) is -1.55. The van der Waals surface area contributed by atoms with E-state index in [0.717, 1.165) is 16.7 Å². The molecule has 184 valence electrons. The van der Waals surface area contributed by atoms with Crippen LogP contribution in [0.4, 0.5) is 14.9 Å². The van der Waals surface area contributed by atoms with Crippen molar-refractivity contribution < 1.29 is 28.3 Å². The number of carbonyl (C=O) groups excluding carboxylic acids is 1. The lowest BCUT2D eigenvalue weighted by Crippen LogP contribution is -2.17. The number of amides is 1. The van der Waals surface area contributed by atoms with Crippen LogP contribution in [0.5, 0.6) is 0 Å². The Morgan fingerprint density at radius 3 is 2.14 bits per heavy atom. The van der Waals surface area contributed by atoms with Gasteiger partial charge in [0.15, 0.2) is 5.76 Å². The summed E-state index contributed by atoms with van der Waals surface area (Å²) in [6, 6.07) is 20.9. The van der Waals surface area contributed by atoms with Gasteiger partial charge in [-0.15, -0.1) is 0 Å². The molecule has 0 aliphatic rings. The first-order chi connectivity index (χ1) is 17.2. The number of benzene rings is 3. The van der Waals surface area contributed by atoms with Crippen LogP contribution in [0.1, 0.15) is 42.7 Å². The van der Waals surface area contributed by atoms with Crippen molar-refractivity contribution in [1.29, 1.82) is 0 Å². The number of hydrogen-bond acceptors (Lipinski definition) is 5. The fourth-order valence-electron chi connectivity index (χ4n) is 3.80. The highest BCUT2D eigenvalue weighted by Gasteiger charge is 2.21. The van der Waals surface area contributed by atoms with Crippen LogP contribution in [0.2, 0.25) is 0 Å². The van der Waals surface area contributed by atoms with E-state index in [1.54, 1.807) is 51.1 Å². The SMILES string of the molecule is Cc1noc(-c2ccc(-c3ccc(C(C)C(=O)O)cc3)cc2)c1NC(=O)O[C@H](C)c1ccccc1F. The van der Waals surface area contributed by atoms with Crippen LogP contribution >= 0.6 is 0 Å². The second-order valence-electron chi connectivity index (χ2n) is 8.43. The minimum absolute atomic E-state index is 0.274. The Kier molecular flexibility index (Phi) is 7.15. The average Bonchev–Trinajstić information content (AvgIpc) is 3.23. The Bertz CT molecular complexity index is 1380. The number of rotatable bonds is 7. The van der Waals surface area contributed by atoms with Crippen molar-refractivity contribution in [2.24, 2.45) is 0 Å². The van der Waals surface area contributed by atoms with Gasteiger partial charge in [0.25, 0.3) is 0 Å². The van der Waals surface area contributed by atoms with Crippen LogP contribution in [-0.2, 0) is 9.53 Å². The molecule has 0 bridgehead atoms. The van der Waals surface area contributed by atoms with Crippen LogP contribution < -0.4 is 5.32 Å². The minimum atomic E-state index is -0.871. The Morgan fingerprint density at radius 2 is 1.53 bits per heavy atom. The number of nitrogens with one attached hydrogen (secondary N) is 1. The van der Waals surface area contributed by atoms with E-state index < -0.39 is 29.9 Å². The fraction of sp³-hybridized carbons (Fsp3) is 0.179. The Morgan fingerprint density at radius 1 is 0.944 bits per heavy atom. The van der Waals surface area contributed by atoms with Gasteiger partial charge < -0.3 is 14.4 Å². The molecule has 7 nitrogen and oxygen atoms in total.